The van der Waals surface area contributed by atoms with E-state index in [4.69, 9.17) is 11.6 Å². The maximum absolute atomic E-state index is 12.0. The van der Waals surface area contributed by atoms with Crippen molar-refractivity contribution in [2.75, 3.05) is 0 Å². The van der Waals surface area contributed by atoms with Crippen molar-refractivity contribution in [1.82, 2.24) is 10.6 Å². The Bertz CT molecular complexity index is 473. The number of carbonyl (C=O) groups is 2. The molecule has 0 radical (unpaired) electrons. The second kappa shape index (κ2) is 7.90. The third-order valence-corrected chi connectivity index (χ3v) is 3.52. The Morgan fingerprint density at radius 2 is 1.75 bits per heavy atom. The van der Waals surface area contributed by atoms with Gasteiger partial charge in [0.05, 0.1) is 10.6 Å². The van der Waals surface area contributed by atoms with E-state index >= 15 is 0 Å². The number of hydrogen-bond acceptors (Lipinski definition) is 2. The molecular weight excluding hydrogens is 276 g/mol. The molecule has 110 valence electrons. The van der Waals surface area contributed by atoms with Crippen LogP contribution < -0.4 is 10.6 Å². The first kappa shape index (κ1) is 16.5. The number of hydrogen-bond donors (Lipinski definition) is 2. The van der Waals surface area contributed by atoms with Crippen LogP contribution in [0, 0.1) is 0 Å². The van der Waals surface area contributed by atoms with Crippen molar-refractivity contribution >= 4 is 23.4 Å². The summed E-state index contributed by atoms with van der Waals surface area (Å²) < 4.78 is 0. The van der Waals surface area contributed by atoms with Gasteiger partial charge in [0.2, 0.25) is 5.91 Å². The molecule has 0 aliphatic carbocycles. The molecule has 4 nitrogen and oxygen atoms in total. The average Bonchev–Trinajstić information content (AvgIpc) is 2.44. The zero-order valence-electron chi connectivity index (χ0n) is 12.1. The summed E-state index contributed by atoms with van der Waals surface area (Å²) in [7, 11) is 0. The fourth-order valence-electron chi connectivity index (χ4n) is 1.80. The minimum Gasteiger partial charge on any atom is -0.352 e. The van der Waals surface area contributed by atoms with Crippen LogP contribution in [0.5, 0.6) is 0 Å². The first-order chi connectivity index (χ1) is 9.49. The molecule has 0 aliphatic rings. The van der Waals surface area contributed by atoms with Crippen LogP contribution in [0.3, 0.4) is 0 Å². The van der Waals surface area contributed by atoms with Gasteiger partial charge in [-0.15, -0.1) is 0 Å². The summed E-state index contributed by atoms with van der Waals surface area (Å²) in [5.74, 6) is -0.526. The second-order valence-corrected chi connectivity index (χ2v) is 5.10. The van der Waals surface area contributed by atoms with Gasteiger partial charge in [-0.1, -0.05) is 37.6 Å². The van der Waals surface area contributed by atoms with Gasteiger partial charge in [-0.25, -0.2) is 0 Å². The van der Waals surface area contributed by atoms with Crippen molar-refractivity contribution in [3.63, 3.8) is 0 Å². The quantitative estimate of drug-likeness (QED) is 0.848. The fraction of sp³-hybridized carbons (Fsp3) is 0.467. The number of rotatable bonds is 6. The molecule has 20 heavy (non-hydrogen) atoms. The van der Waals surface area contributed by atoms with Crippen molar-refractivity contribution in [2.45, 2.75) is 45.7 Å². The average molecular weight is 297 g/mol. The van der Waals surface area contributed by atoms with Crippen molar-refractivity contribution < 1.29 is 9.59 Å². The maximum Gasteiger partial charge on any atom is 0.253 e. The molecule has 0 fully saturated rings. The van der Waals surface area contributed by atoms with E-state index < -0.39 is 6.04 Å². The third kappa shape index (κ3) is 4.53. The summed E-state index contributed by atoms with van der Waals surface area (Å²) in [5.41, 5.74) is 0.372. The van der Waals surface area contributed by atoms with E-state index in [1.165, 1.54) is 0 Å². The Balaban J connectivity index is 2.62. The van der Waals surface area contributed by atoms with Crippen molar-refractivity contribution in [2.24, 2.45) is 0 Å². The third-order valence-electron chi connectivity index (χ3n) is 3.19. The smallest absolute Gasteiger partial charge is 0.253 e. The van der Waals surface area contributed by atoms with Crippen molar-refractivity contribution in [3.05, 3.63) is 34.9 Å². The number of halogens is 1. The first-order valence-electron chi connectivity index (χ1n) is 6.85. The van der Waals surface area contributed by atoms with Gasteiger partial charge in [0.25, 0.3) is 5.91 Å². The van der Waals surface area contributed by atoms with Crippen LogP contribution in [-0.2, 0) is 4.79 Å². The van der Waals surface area contributed by atoms with Crippen molar-refractivity contribution in [3.8, 4) is 0 Å². The molecule has 5 heteroatoms. The largest absolute Gasteiger partial charge is 0.352 e. The summed E-state index contributed by atoms with van der Waals surface area (Å²) in [6, 6.07) is 6.30. The standard InChI is InChI=1S/C15H21ClN2O2/c1-4-11(5-2)18-14(19)10(3)17-15(20)12-8-6-7-9-13(12)16/h6-11H,4-5H2,1-3H3,(H,17,20)(H,18,19)/t10-/m1/s1. The highest BCUT2D eigenvalue weighted by molar-refractivity contribution is 6.33. The van der Waals surface area contributed by atoms with E-state index in [0.29, 0.717) is 10.6 Å². The number of benzene rings is 1. The summed E-state index contributed by atoms with van der Waals surface area (Å²) in [5, 5.41) is 5.93. The van der Waals surface area contributed by atoms with Crippen LogP contribution in [0.25, 0.3) is 0 Å². The summed E-state index contributed by atoms with van der Waals surface area (Å²) in [6.45, 7) is 5.69. The lowest BCUT2D eigenvalue weighted by Crippen LogP contribution is -2.47. The van der Waals surface area contributed by atoms with E-state index in [9.17, 15) is 9.59 Å². The van der Waals surface area contributed by atoms with E-state index in [2.05, 4.69) is 10.6 Å². The van der Waals surface area contributed by atoms with Crippen LogP contribution in [0.4, 0.5) is 0 Å². The van der Waals surface area contributed by atoms with Crippen molar-refractivity contribution in [1.29, 1.82) is 0 Å². The van der Waals surface area contributed by atoms with Crippen LogP contribution in [-0.4, -0.2) is 23.9 Å². The molecule has 0 spiro atoms. The SMILES string of the molecule is CCC(CC)NC(=O)[C@@H](C)NC(=O)c1ccccc1Cl. The molecule has 0 aliphatic heterocycles. The molecule has 0 saturated carbocycles. The Hall–Kier alpha value is -1.55. The lowest BCUT2D eigenvalue weighted by atomic mass is 10.1. The highest BCUT2D eigenvalue weighted by Crippen LogP contribution is 2.14. The van der Waals surface area contributed by atoms with Crippen LogP contribution in [0.15, 0.2) is 24.3 Å². The molecule has 1 aromatic carbocycles. The number of carbonyl (C=O) groups excluding carboxylic acids is 2. The number of nitrogens with one attached hydrogen (secondary N) is 2. The Morgan fingerprint density at radius 3 is 2.30 bits per heavy atom. The van der Waals surface area contributed by atoms with Gasteiger partial charge in [0, 0.05) is 6.04 Å². The molecule has 1 aromatic rings. The highest BCUT2D eigenvalue weighted by atomic mass is 35.5. The maximum atomic E-state index is 12.0. The molecule has 0 unspecified atom stereocenters. The van der Waals surface area contributed by atoms with Crippen LogP contribution >= 0.6 is 11.6 Å². The fourth-order valence-corrected chi connectivity index (χ4v) is 2.03. The molecule has 1 atom stereocenters. The number of amides is 2. The van der Waals surface area contributed by atoms with E-state index in [-0.39, 0.29) is 17.9 Å². The van der Waals surface area contributed by atoms with Gasteiger partial charge in [-0.05, 0) is 31.9 Å². The van der Waals surface area contributed by atoms with Gasteiger partial charge in [0.15, 0.2) is 0 Å². The summed E-state index contributed by atoms with van der Waals surface area (Å²) in [4.78, 5) is 24.0. The molecule has 0 saturated heterocycles. The zero-order valence-corrected chi connectivity index (χ0v) is 12.8. The molecule has 2 N–H and O–H groups in total. The van der Waals surface area contributed by atoms with Gasteiger partial charge in [-0.3, -0.25) is 9.59 Å². The molecule has 0 aromatic heterocycles. The second-order valence-electron chi connectivity index (χ2n) is 4.70. The minimum atomic E-state index is -0.598. The van der Waals surface area contributed by atoms with Gasteiger partial charge in [-0.2, -0.15) is 0 Å². The topological polar surface area (TPSA) is 58.2 Å². The summed E-state index contributed by atoms with van der Waals surface area (Å²) in [6.07, 6.45) is 1.74. The monoisotopic (exact) mass is 296 g/mol. The summed E-state index contributed by atoms with van der Waals surface area (Å²) >= 11 is 5.95. The van der Waals surface area contributed by atoms with E-state index in [1.807, 2.05) is 13.8 Å². The van der Waals surface area contributed by atoms with Gasteiger partial charge >= 0.3 is 0 Å². The Morgan fingerprint density at radius 1 is 1.15 bits per heavy atom. The predicted octanol–water partition coefficient (Wildman–Crippen LogP) is 2.76. The van der Waals surface area contributed by atoms with E-state index in [0.717, 1.165) is 12.8 Å². The molecule has 1 rings (SSSR count). The van der Waals surface area contributed by atoms with Crippen LogP contribution in [0.2, 0.25) is 5.02 Å². The highest BCUT2D eigenvalue weighted by Gasteiger charge is 2.19. The Kier molecular flexibility index (Phi) is 6.52. The molecule has 0 bridgehead atoms. The van der Waals surface area contributed by atoms with Gasteiger partial charge < -0.3 is 10.6 Å². The van der Waals surface area contributed by atoms with E-state index in [1.54, 1.807) is 31.2 Å². The first-order valence-corrected chi connectivity index (χ1v) is 7.23. The lowest BCUT2D eigenvalue weighted by molar-refractivity contribution is -0.123. The normalized spacial score (nSPS) is 12.1. The molecule has 2 amide bonds. The Labute approximate surface area is 124 Å². The molecule has 0 heterocycles. The molecular formula is C15H21ClN2O2. The lowest BCUT2D eigenvalue weighted by Gasteiger charge is -2.19. The minimum absolute atomic E-state index is 0.141. The van der Waals surface area contributed by atoms with Gasteiger partial charge in [0.1, 0.15) is 6.04 Å². The van der Waals surface area contributed by atoms with Crippen LogP contribution in [0.1, 0.15) is 44.0 Å². The zero-order chi connectivity index (χ0) is 15.1. The predicted molar refractivity (Wildman–Crippen MR) is 80.9 cm³/mol.